The molecule has 0 saturated heterocycles. The molecule has 17 nitrogen and oxygen atoms in total. The van der Waals surface area contributed by atoms with E-state index in [0.29, 0.717) is 30.7 Å². The van der Waals surface area contributed by atoms with Crippen LogP contribution in [0.1, 0.15) is 29.3 Å². The van der Waals surface area contributed by atoms with Crippen molar-refractivity contribution in [1.29, 1.82) is 0 Å². The third-order valence-electron chi connectivity index (χ3n) is 6.61. The van der Waals surface area contributed by atoms with Gasteiger partial charge in [-0.3, -0.25) is 14.9 Å². The van der Waals surface area contributed by atoms with Gasteiger partial charge in [0.2, 0.25) is 0 Å². The third kappa shape index (κ3) is 4.73. The molecular formula is C23H19N3O14. The Labute approximate surface area is 222 Å². The number of para-hydroxylation sites is 2. The van der Waals surface area contributed by atoms with Crippen molar-refractivity contribution < 1.29 is 70.1 Å². The third-order valence-corrected chi connectivity index (χ3v) is 6.61. The number of hydrogen-bond donors (Lipinski definition) is 2. The molecule has 210 valence electrons. The first-order chi connectivity index (χ1) is 19.7. The zero-order valence-corrected chi connectivity index (χ0v) is 20.2. The lowest BCUT2D eigenvalue weighted by Gasteiger charge is -2.33. The topological polar surface area (TPSA) is 176 Å². The van der Waals surface area contributed by atoms with Crippen LogP contribution in [0.5, 0.6) is 0 Å². The second kappa shape index (κ2) is 11.7. The van der Waals surface area contributed by atoms with Crippen molar-refractivity contribution in [3.63, 3.8) is 0 Å². The summed E-state index contributed by atoms with van der Waals surface area (Å²) in [6.07, 6.45) is 1.14. The standard InChI is InChI=1S/C23H19N3O14/c27-22-19-18-14-7-2-4-9-16(14)25(10-5-11-30-32-34-36-38-40-39-37-35-33-31-29)20(18)17-12-13-6-1-3-8-15(13)26(17)21(19)23(28)24-22/h1-4,6-9,17,29H,5,10-12H2,(H,24,27,28). The van der Waals surface area contributed by atoms with E-state index in [1.165, 1.54) is 0 Å². The summed E-state index contributed by atoms with van der Waals surface area (Å²) in [5, 5.41) is 48.2. The number of amides is 2. The molecule has 3 aromatic rings. The smallest absolute Gasteiger partial charge is 0.275 e. The fourth-order valence-corrected chi connectivity index (χ4v) is 5.39. The highest BCUT2D eigenvalue weighted by atomic mass is 18.0. The lowest BCUT2D eigenvalue weighted by molar-refractivity contribution is -0.862. The Hall–Kier alpha value is -3.82. The van der Waals surface area contributed by atoms with Gasteiger partial charge in [0, 0.05) is 35.1 Å². The summed E-state index contributed by atoms with van der Waals surface area (Å²) in [5.74, 6) is -0.812. The van der Waals surface area contributed by atoms with E-state index in [1.54, 1.807) is 0 Å². The van der Waals surface area contributed by atoms with Gasteiger partial charge in [0.15, 0.2) is 0 Å². The average Bonchev–Trinajstić information content (AvgIpc) is 3.60. The van der Waals surface area contributed by atoms with Gasteiger partial charge < -0.3 is 9.47 Å². The molecule has 40 heavy (non-hydrogen) atoms. The molecular weight excluding hydrogens is 542 g/mol. The van der Waals surface area contributed by atoms with Crippen LogP contribution < -0.4 is 10.2 Å². The molecule has 0 fully saturated rings. The minimum atomic E-state index is -0.413. The van der Waals surface area contributed by atoms with Crippen molar-refractivity contribution in [2.45, 2.75) is 25.4 Å². The van der Waals surface area contributed by atoms with Crippen molar-refractivity contribution in [2.75, 3.05) is 11.5 Å². The van der Waals surface area contributed by atoms with E-state index in [0.717, 1.165) is 33.4 Å². The predicted molar refractivity (Wildman–Crippen MR) is 121 cm³/mol. The summed E-state index contributed by atoms with van der Waals surface area (Å²) in [6.45, 7) is 0.558. The van der Waals surface area contributed by atoms with Gasteiger partial charge in [-0.05, 0) is 74.5 Å². The van der Waals surface area contributed by atoms with Crippen LogP contribution in [0, 0.1) is 0 Å². The van der Waals surface area contributed by atoms with E-state index < -0.39 is 11.8 Å². The first-order valence-electron chi connectivity index (χ1n) is 11.7. The van der Waals surface area contributed by atoms with E-state index in [4.69, 9.17) is 10.1 Å². The first kappa shape index (κ1) is 26.4. The molecule has 0 aliphatic carbocycles. The number of aromatic nitrogens is 1. The van der Waals surface area contributed by atoms with E-state index >= 15 is 0 Å². The number of carbonyl (C=O) groups is 2. The maximum atomic E-state index is 13.1. The van der Waals surface area contributed by atoms with E-state index in [2.05, 4.69) is 60.3 Å². The second-order valence-electron chi connectivity index (χ2n) is 8.52. The van der Waals surface area contributed by atoms with Crippen molar-refractivity contribution in [2.24, 2.45) is 0 Å². The minimum absolute atomic E-state index is 0.0684. The Morgan fingerprint density at radius 3 is 2.35 bits per heavy atom. The molecule has 0 saturated carbocycles. The summed E-state index contributed by atoms with van der Waals surface area (Å²) < 4.78 is 2.14. The summed E-state index contributed by atoms with van der Waals surface area (Å²) in [4.78, 5) is 32.9. The van der Waals surface area contributed by atoms with Crippen LogP contribution in [-0.2, 0) is 77.8 Å². The maximum Gasteiger partial charge on any atom is 0.275 e. The van der Waals surface area contributed by atoms with Crippen LogP contribution in [-0.4, -0.2) is 28.2 Å². The summed E-state index contributed by atoms with van der Waals surface area (Å²) in [5.41, 5.74) is 5.38. The quantitative estimate of drug-likeness (QED) is 0.127. The maximum absolute atomic E-state index is 13.1. The SMILES string of the molecule is O=C1NC(=O)C2=C1c1c(n(CCCOOOOOOOOOOOO)c3ccccc13)C1Cc3ccccc3N21. The highest BCUT2D eigenvalue weighted by Crippen LogP contribution is 2.52. The monoisotopic (exact) mass is 561 g/mol. The molecule has 1 aromatic heterocycles. The molecule has 2 aromatic carbocycles. The first-order valence-corrected chi connectivity index (χ1v) is 11.7. The average molecular weight is 561 g/mol. The fourth-order valence-electron chi connectivity index (χ4n) is 5.39. The zero-order chi connectivity index (χ0) is 27.5. The molecule has 1 atom stereocenters. The van der Waals surface area contributed by atoms with Gasteiger partial charge in [0.1, 0.15) is 5.70 Å². The molecule has 2 amide bonds. The van der Waals surface area contributed by atoms with E-state index in [9.17, 15) is 9.59 Å². The van der Waals surface area contributed by atoms with Gasteiger partial charge in [0.25, 0.3) is 11.8 Å². The zero-order valence-electron chi connectivity index (χ0n) is 20.2. The van der Waals surface area contributed by atoms with Crippen LogP contribution in [0.15, 0.2) is 54.2 Å². The Bertz CT molecular complexity index is 1460. The summed E-state index contributed by atoms with van der Waals surface area (Å²) in [6, 6.07) is 15.4. The highest BCUT2D eigenvalue weighted by molar-refractivity contribution is 6.39. The highest BCUT2D eigenvalue weighted by Gasteiger charge is 2.49. The number of hydrogen-bond acceptors (Lipinski definition) is 15. The molecule has 0 radical (unpaired) electrons. The largest absolute Gasteiger partial charge is 0.342 e. The van der Waals surface area contributed by atoms with E-state index in [1.807, 2.05) is 53.4 Å². The lowest BCUT2D eigenvalue weighted by Crippen LogP contribution is -2.34. The number of carbonyl (C=O) groups excluding carboxylic acids is 2. The summed E-state index contributed by atoms with van der Waals surface area (Å²) in [7, 11) is 0. The predicted octanol–water partition coefficient (Wildman–Crippen LogP) is 2.32. The van der Waals surface area contributed by atoms with Gasteiger partial charge in [-0.1, -0.05) is 36.4 Å². The van der Waals surface area contributed by atoms with Gasteiger partial charge >= 0.3 is 0 Å². The molecule has 0 spiro atoms. The van der Waals surface area contributed by atoms with Gasteiger partial charge in [0.05, 0.1) is 23.9 Å². The molecule has 0 bridgehead atoms. The molecule has 3 aliphatic heterocycles. The number of benzene rings is 2. The Balaban J connectivity index is 1.15. The molecule has 3 aliphatic rings. The van der Waals surface area contributed by atoms with Crippen LogP contribution in [0.4, 0.5) is 5.69 Å². The van der Waals surface area contributed by atoms with Gasteiger partial charge in [-0.25, -0.2) is 10.1 Å². The number of imide groups is 1. The van der Waals surface area contributed by atoms with Crippen LogP contribution in [0.25, 0.3) is 16.5 Å². The molecule has 2 N–H and O–H groups in total. The normalized spacial score (nSPS) is 17.3. The van der Waals surface area contributed by atoms with Crippen molar-refractivity contribution in [1.82, 2.24) is 9.88 Å². The fraction of sp³-hybridized carbons (Fsp3) is 0.217. The molecule has 1 unspecified atom stereocenters. The summed E-state index contributed by atoms with van der Waals surface area (Å²) >= 11 is 0. The number of aryl methyl sites for hydroxylation is 1. The van der Waals surface area contributed by atoms with E-state index in [-0.39, 0.29) is 12.6 Å². The van der Waals surface area contributed by atoms with Crippen LogP contribution in [0.3, 0.4) is 0 Å². The van der Waals surface area contributed by atoms with Crippen LogP contribution in [0.2, 0.25) is 0 Å². The Morgan fingerprint density at radius 1 is 0.850 bits per heavy atom. The number of nitrogens with one attached hydrogen (secondary N) is 1. The van der Waals surface area contributed by atoms with Crippen LogP contribution >= 0.6 is 0 Å². The molecule has 4 heterocycles. The lowest BCUT2D eigenvalue weighted by atomic mass is 9.92. The molecule has 6 rings (SSSR count). The second-order valence-corrected chi connectivity index (χ2v) is 8.52. The minimum Gasteiger partial charge on any atom is -0.342 e. The number of fused-ring (bicyclic) bond motifs is 9. The van der Waals surface area contributed by atoms with Crippen molar-refractivity contribution in [3.05, 3.63) is 71.0 Å². The number of nitrogens with zero attached hydrogens (tertiary/aromatic N) is 2. The van der Waals surface area contributed by atoms with Gasteiger partial charge in [-0.15, -0.1) is 0 Å². The Morgan fingerprint density at radius 2 is 1.55 bits per heavy atom. The number of anilines is 1. The Kier molecular flexibility index (Phi) is 7.75. The van der Waals surface area contributed by atoms with Crippen molar-refractivity contribution in [3.8, 4) is 0 Å². The molecule has 17 heteroatoms. The van der Waals surface area contributed by atoms with Crippen molar-refractivity contribution >= 4 is 34.0 Å². The van der Waals surface area contributed by atoms with Gasteiger partial charge in [-0.2, -0.15) is 0 Å². The number of rotatable bonds is 14.